The Morgan fingerprint density at radius 1 is 1.14 bits per heavy atom. The summed E-state index contributed by atoms with van der Waals surface area (Å²) in [5.74, 6) is 0.679. The van der Waals surface area contributed by atoms with Crippen LogP contribution in [-0.2, 0) is 0 Å². The first-order chi connectivity index (χ1) is 6.92. The number of nitrogens with zero attached hydrogens (tertiary/aromatic N) is 3. The van der Waals surface area contributed by atoms with E-state index in [1.807, 2.05) is 18.2 Å². The van der Waals surface area contributed by atoms with Crippen LogP contribution in [0.1, 0.15) is 0 Å². The van der Waals surface area contributed by atoms with Crippen molar-refractivity contribution in [2.45, 2.75) is 0 Å². The van der Waals surface area contributed by atoms with Gasteiger partial charge in [0.1, 0.15) is 5.75 Å². The Morgan fingerprint density at radius 2 is 2.00 bits per heavy atom. The summed E-state index contributed by atoms with van der Waals surface area (Å²) in [5.41, 5.74) is 1.68. The Morgan fingerprint density at radius 3 is 2.71 bits per heavy atom. The number of methoxy groups -OCH3 is 1. The van der Waals surface area contributed by atoms with Gasteiger partial charge in [0.15, 0.2) is 0 Å². The lowest BCUT2D eigenvalue weighted by Gasteiger charge is -2.04. The zero-order valence-electron chi connectivity index (χ0n) is 7.71. The van der Waals surface area contributed by atoms with Crippen LogP contribution in [0.2, 0.25) is 0 Å². The largest absolute Gasteiger partial charge is 0.494 e. The molecular weight excluding hydrogens is 178 g/mol. The summed E-state index contributed by atoms with van der Waals surface area (Å²) in [7, 11) is 1.60. The van der Waals surface area contributed by atoms with Gasteiger partial charge in [0.2, 0.25) is 0 Å². The molecule has 0 bridgehead atoms. The molecule has 0 saturated heterocycles. The first-order valence-electron chi connectivity index (χ1n) is 4.18. The maximum absolute atomic E-state index is 5.16. The highest BCUT2D eigenvalue weighted by Crippen LogP contribution is 2.25. The molecular formula is C10H9N3O. The van der Waals surface area contributed by atoms with Gasteiger partial charge in [0.05, 0.1) is 30.8 Å². The Labute approximate surface area is 81.6 Å². The summed E-state index contributed by atoms with van der Waals surface area (Å²) in [4.78, 5) is 4.21. The van der Waals surface area contributed by atoms with Gasteiger partial charge in [0.25, 0.3) is 0 Å². The van der Waals surface area contributed by atoms with Crippen LogP contribution >= 0.6 is 0 Å². The van der Waals surface area contributed by atoms with Crippen LogP contribution in [0.15, 0.2) is 36.8 Å². The van der Waals surface area contributed by atoms with Crippen LogP contribution in [0.5, 0.6) is 5.75 Å². The molecule has 0 aliphatic carbocycles. The lowest BCUT2D eigenvalue weighted by atomic mass is 10.2. The van der Waals surface area contributed by atoms with E-state index >= 15 is 0 Å². The fourth-order valence-corrected chi connectivity index (χ4v) is 1.19. The van der Waals surface area contributed by atoms with Crippen molar-refractivity contribution in [3.63, 3.8) is 0 Å². The molecule has 4 heteroatoms. The van der Waals surface area contributed by atoms with Gasteiger partial charge in [-0.15, -0.1) is 0 Å². The number of hydrogen-bond donors (Lipinski definition) is 0. The zero-order valence-corrected chi connectivity index (χ0v) is 7.71. The molecule has 4 nitrogen and oxygen atoms in total. The molecule has 0 aliphatic rings. The topological polar surface area (TPSA) is 47.9 Å². The maximum atomic E-state index is 5.16. The normalized spacial score (nSPS) is 9.79. The van der Waals surface area contributed by atoms with E-state index in [1.54, 1.807) is 25.7 Å². The second-order valence-corrected chi connectivity index (χ2v) is 2.69. The molecule has 14 heavy (non-hydrogen) atoms. The van der Waals surface area contributed by atoms with E-state index in [2.05, 4.69) is 15.2 Å². The molecule has 2 aromatic heterocycles. The summed E-state index contributed by atoms with van der Waals surface area (Å²) in [6.45, 7) is 0. The summed E-state index contributed by atoms with van der Waals surface area (Å²) in [6, 6.07) is 5.69. The van der Waals surface area contributed by atoms with Crippen molar-refractivity contribution in [3.05, 3.63) is 36.8 Å². The molecule has 70 valence electrons. The minimum atomic E-state index is 0.679. The second kappa shape index (κ2) is 3.83. The van der Waals surface area contributed by atoms with Gasteiger partial charge in [-0.05, 0) is 12.1 Å². The van der Waals surface area contributed by atoms with Gasteiger partial charge in [-0.2, -0.15) is 10.2 Å². The summed E-state index contributed by atoms with van der Waals surface area (Å²) >= 11 is 0. The highest BCUT2D eigenvalue weighted by atomic mass is 16.5. The standard InChI is InChI=1S/C10H9N3O/c1-14-10-7-13-12-6-8(10)9-4-2-3-5-11-9/h2-7H,1H3. The van der Waals surface area contributed by atoms with Gasteiger partial charge in [-0.3, -0.25) is 4.98 Å². The molecule has 0 unspecified atom stereocenters. The summed E-state index contributed by atoms with van der Waals surface area (Å²) in [5, 5.41) is 7.54. The van der Waals surface area contributed by atoms with Crippen molar-refractivity contribution in [3.8, 4) is 17.0 Å². The lowest BCUT2D eigenvalue weighted by molar-refractivity contribution is 0.413. The first kappa shape index (κ1) is 8.62. The van der Waals surface area contributed by atoms with Crippen molar-refractivity contribution in [1.82, 2.24) is 15.2 Å². The molecule has 0 atom stereocenters. The van der Waals surface area contributed by atoms with Crippen LogP contribution in [0.3, 0.4) is 0 Å². The number of hydrogen-bond acceptors (Lipinski definition) is 4. The molecule has 0 fully saturated rings. The Kier molecular flexibility index (Phi) is 2.36. The van der Waals surface area contributed by atoms with Crippen LogP contribution < -0.4 is 4.74 Å². The van der Waals surface area contributed by atoms with Crippen LogP contribution in [0.4, 0.5) is 0 Å². The van der Waals surface area contributed by atoms with E-state index in [0.717, 1.165) is 11.3 Å². The average molecular weight is 187 g/mol. The van der Waals surface area contributed by atoms with Crippen molar-refractivity contribution < 1.29 is 4.74 Å². The Hall–Kier alpha value is -1.97. The van der Waals surface area contributed by atoms with Crippen LogP contribution in [0, 0.1) is 0 Å². The molecule has 2 aromatic rings. The fraction of sp³-hybridized carbons (Fsp3) is 0.100. The fourth-order valence-electron chi connectivity index (χ4n) is 1.19. The van der Waals surface area contributed by atoms with E-state index in [1.165, 1.54) is 0 Å². The third kappa shape index (κ3) is 1.54. The minimum absolute atomic E-state index is 0.679. The summed E-state index contributed by atoms with van der Waals surface area (Å²) < 4.78 is 5.16. The van der Waals surface area contributed by atoms with Crippen LogP contribution in [0.25, 0.3) is 11.3 Å². The molecule has 0 spiro atoms. The number of rotatable bonds is 2. The van der Waals surface area contributed by atoms with Crippen molar-refractivity contribution in [2.24, 2.45) is 0 Å². The third-order valence-electron chi connectivity index (χ3n) is 1.85. The second-order valence-electron chi connectivity index (χ2n) is 2.69. The average Bonchev–Trinajstić information content (AvgIpc) is 2.30. The van der Waals surface area contributed by atoms with Crippen molar-refractivity contribution in [1.29, 1.82) is 0 Å². The predicted octanol–water partition coefficient (Wildman–Crippen LogP) is 1.55. The van der Waals surface area contributed by atoms with Crippen molar-refractivity contribution >= 4 is 0 Å². The highest BCUT2D eigenvalue weighted by molar-refractivity contribution is 5.64. The Bertz CT molecular complexity index is 417. The third-order valence-corrected chi connectivity index (χ3v) is 1.85. The van der Waals surface area contributed by atoms with Gasteiger partial charge in [0, 0.05) is 6.20 Å². The monoisotopic (exact) mass is 187 g/mol. The van der Waals surface area contributed by atoms with E-state index in [4.69, 9.17) is 4.74 Å². The van der Waals surface area contributed by atoms with Gasteiger partial charge < -0.3 is 4.74 Å². The molecule has 0 aliphatic heterocycles. The molecule has 0 radical (unpaired) electrons. The number of pyridine rings is 1. The van der Waals surface area contributed by atoms with Crippen LogP contribution in [-0.4, -0.2) is 22.3 Å². The lowest BCUT2D eigenvalue weighted by Crippen LogP contribution is -1.92. The van der Waals surface area contributed by atoms with E-state index in [9.17, 15) is 0 Å². The SMILES string of the molecule is COc1cnncc1-c1ccccn1. The molecule has 2 rings (SSSR count). The molecule has 0 aromatic carbocycles. The number of aromatic nitrogens is 3. The quantitative estimate of drug-likeness (QED) is 0.715. The van der Waals surface area contributed by atoms with Gasteiger partial charge in [-0.1, -0.05) is 6.07 Å². The van der Waals surface area contributed by atoms with Gasteiger partial charge in [-0.25, -0.2) is 0 Å². The minimum Gasteiger partial charge on any atom is -0.494 e. The molecule has 0 saturated carbocycles. The van der Waals surface area contributed by atoms with E-state index in [0.29, 0.717) is 5.75 Å². The Balaban J connectivity index is 2.51. The van der Waals surface area contributed by atoms with E-state index < -0.39 is 0 Å². The number of ether oxygens (including phenoxy) is 1. The predicted molar refractivity (Wildman–Crippen MR) is 51.8 cm³/mol. The van der Waals surface area contributed by atoms with Gasteiger partial charge >= 0.3 is 0 Å². The van der Waals surface area contributed by atoms with Crippen molar-refractivity contribution in [2.75, 3.05) is 7.11 Å². The maximum Gasteiger partial charge on any atom is 0.149 e. The molecule has 0 amide bonds. The smallest absolute Gasteiger partial charge is 0.149 e. The summed E-state index contributed by atoms with van der Waals surface area (Å²) in [6.07, 6.45) is 4.94. The molecule has 0 N–H and O–H groups in total. The highest BCUT2D eigenvalue weighted by Gasteiger charge is 2.05. The first-order valence-corrected chi connectivity index (χ1v) is 4.18. The van der Waals surface area contributed by atoms with E-state index in [-0.39, 0.29) is 0 Å². The zero-order chi connectivity index (χ0) is 9.80. The molecule has 2 heterocycles.